The van der Waals surface area contributed by atoms with Gasteiger partial charge in [0.2, 0.25) is 0 Å². The molecule has 0 spiro atoms. The van der Waals surface area contributed by atoms with Crippen molar-refractivity contribution >= 4 is 22.6 Å². The number of nitrogens with one attached hydrogen (secondary N) is 1. The van der Waals surface area contributed by atoms with E-state index in [0.717, 1.165) is 12.1 Å². The molecular weight excluding hydrogens is 319 g/mol. The SMILES string of the molecule is CCOCc1nc(CC(C)C)c(I)c(=O)[nH]1. The van der Waals surface area contributed by atoms with Gasteiger partial charge in [-0.1, -0.05) is 13.8 Å². The number of hydrogen-bond donors (Lipinski definition) is 1. The summed E-state index contributed by atoms with van der Waals surface area (Å²) < 4.78 is 5.93. The third-order valence-electron chi connectivity index (χ3n) is 2.02. The third-order valence-corrected chi connectivity index (χ3v) is 3.14. The average molecular weight is 336 g/mol. The van der Waals surface area contributed by atoms with Gasteiger partial charge >= 0.3 is 0 Å². The maximum absolute atomic E-state index is 11.6. The fourth-order valence-corrected chi connectivity index (χ4v) is 1.82. The molecule has 1 rings (SSSR count). The Kier molecular flexibility index (Phi) is 5.40. The Balaban J connectivity index is 2.97. The first kappa shape index (κ1) is 13.6. The summed E-state index contributed by atoms with van der Waals surface area (Å²) in [7, 11) is 0. The van der Waals surface area contributed by atoms with Gasteiger partial charge in [-0.15, -0.1) is 0 Å². The molecule has 1 heterocycles. The zero-order chi connectivity index (χ0) is 12.1. The summed E-state index contributed by atoms with van der Waals surface area (Å²) in [6.07, 6.45) is 0.821. The molecule has 0 amide bonds. The van der Waals surface area contributed by atoms with Crippen LogP contribution in [0.1, 0.15) is 32.3 Å². The van der Waals surface area contributed by atoms with Crippen LogP contribution in [0, 0.1) is 9.49 Å². The van der Waals surface area contributed by atoms with Crippen molar-refractivity contribution in [2.75, 3.05) is 6.61 Å². The zero-order valence-electron chi connectivity index (χ0n) is 9.84. The molecule has 90 valence electrons. The molecule has 1 aromatic rings. The van der Waals surface area contributed by atoms with Gasteiger partial charge in [-0.05, 0) is 41.9 Å². The molecule has 0 aliphatic heterocycles. The summed E-state index contributed by atoms with van der Waals surface area (Å²) in [5.74, 6) is 1.10. The van der Waals surface area contributed by atoms with E-state index in [0.29, 0.717) is 28.5 Å². The number of H-pyrrole nitrogens is 1. The van der Waals surface area contributed by atoms with E-state index in [1.807, 2.05) is 29.5 Å². The summed E-state index contributed by atoms with van der Waals surface area (Å²) in [6.45, 7) is 7.13. The van der Waals surface area contributed by atoms with Crippen molar-refractivity contribution in [3.8, 4) is 0 Å². The van der Waals surface area contributed by atoms with Crippen molar-refractivity contribution in [1.82, 2.24) is 9.97 Å². The molecule has 0 atom stereocenters. The van der Waals surface area contributed by atoms with Crippen LogP contribution < -0.4 is 5.56 Å². The Morgan fingerprint density at radius 2 is 2.19 bits per heavy atom. The Morgan fingerprint density at radius 3 is 2.75 bits per heavy atom. The second kappa shape index (κ2) is 6.34. The number of aromatic amines is 1. The minimum atomic E-state index is -0.0686. The van der Waals surface area contributed by atoms with Crippen molar-refractivity contribution in [3.05, 3.63) is 25.4 Å². The first-order valence-electron chi connectivity index (χ1n) is 5.39. The lowest BCUT2D eigenvalue weighted by Crippen LogP contribution is -2.19. The highest BCUT2D eigenvalue weighted by molar-refractivity contribution is 14.1. The van der Waals surface area contributed by atoms with Gasteiger partial charge in [0.25, 0.3) is 5.56 Å². The van der Waals surface area contributed by atoms with E-state index in [9.17, 15) is 4.79 Å². The lowest BCUT2D eigenvalue weighted by molar-refractivity contribution is 0.128. The summed E-state index contributed by atoms with van der Waals surface area (Å²) in [5.41, 5.74) is 0.801. The zero-order valence-corrected chi connectivity index (χ0v) is 12.0. The van der Waals surface area contributed by atoms with Crippen LogP contribution in [0.4, 0.5) is 0 Å². The Hall–Kier alpha value is -0.430. The van der Waals surface area contributed by atoms with Crippen LogP contribution in [0.2, 0.25) is 0 Å². The van der Waals surface area contributed by atoms with Crippen molar-refractivity contribution in [2.24, 2.45) is 5.92 Å². The van der Waals surface area contributed by atoms with E-state index in [1.165, 1.54) is 0 Å². The molecule has 5 heteroatoms. The standard InChI is InChI=1S/C11H17IN2O2/c1-4-16-6-9-13-8(5-7(2)3)10(12)11(15)14-9/h7H,4-6H2,1-3H3,(H,13,14,15). The Labute approximate surface area is 109 Å². The molecule has 0 radical (unpaired) electrons. The molecule has 1 N–H and O–H groups in total. The minimum Gasteiger partial charge on any atom is -0.374 e. The third kappa shape index (κ3) is 3.86. The maximum Gasteiger partial charge on any atom is 0.264 e. The smallest absolute Gasteiger partial charge is 0.264 e. The summed E-state index contributed by atoms with van der Waals surface area (Å²) >= 11 is 2.05. The van der Waals surface area contributed by atoms with E-state index in [4.69, 9.17) is 4.74 Å². The van der Waals surface area contributed by atoms with Gasteiger partial charge in [-0.25, -0.2) is 4.98 Å². The molecule has 0 unspecified atom stereocenters. The number of halogens is 1. The lowest BCUT2D eigenvalue weighted by atomic mass is 10.1. The highest BCUT2D eigenvalue weighted by Gasteiger charge is 2.10. The van der Waals surface area contributed by atoms with Gasteiger partial charge in [0, 0.05) is 6.61 Å². The Bertz CT molecular complexity index is 401. The first-order valence-corrected chi connectivity index (χ1v) is 6.47. The van der Waals surface area contributed by atoms with Gasteiger partial charge in [-0.2, -0.15) is 0 Å². The van der Waals surface area contributed by atoms with Gasteiger partial charge in [0.15, 0.2) is 0 Å². The van der Waals surface area contributed by atoms with Crippen LogP contribution in [0.25, 0.3) is 0 Å². The second-order valence-corrected chi connectivity index (χ2v) is 5.09. The number of rotatable bonds is 5. The topological polar surface area (TPSA) is 55.0 Å². The van der Waals surface area contributed by atoms with Crippen LogP contribution in [-0.4, -0.2) is 16.6 Å². The van der Waals surface area contributed by atoms with Gasteiger partial charge in [0.1, 0.15) is 12.4 Å². The van der Waals surface area contributed by atoms with Crippen molar-refractivity contribution in [1.29, 1.82) is 0 Å². The van der Waals surface area contributed by atoms with E-state index in [1.54, 1.807) is 0 Å². The minimum absolute atomic E-state index is 0.0686. The monoisotopic (exact) mass is 336 g/mol. The predicted octanol–water partition coefficient (Wildman–Crippen LogP) is 2.11. The van der Waals surface area contributed by atoms with Crippen LogP contribution in [0.5, 0.6) is 0 Å². The van der Waals surface area contributed by atoms with E-state index in [2.05, 4.69) is 23.8 Å². The van der Waals surface area contributed by atoms with Gasteiger partial charge < -0.3 is 9.72 Å². The van der Waals surface area contributed by atoms with E-state index in [-0.39, 0.29) is 5.56 Å². The predicted molar refractivity (Wildman–Crippen MR) is 71.4 cm³/mol. The maximum atomic E-state index is 11.6. The second-order valence-electron chi connectivity index (χ2n) is 4.01. The molecule has 0 aromatic carbocycles. The highest BCUT2D eigenvalue weighted by atomic mass is 127. The summed E-state index contributed by atoms with van der Waals surface area (Å²) in [5, 5.41) is 0. The van der Waals surface area contributed by atoms with Crippen LogP contribution in [0.3, 0.4) is 0 Å². The van der Waals surface area contributed by atoms with Crippen molar-refractivity contribution in [2.45, 2.75) is 33.8 Å². The summed E-state index contributed by atoms with van der Waals surface area (Å²) in [4.78, 5) is 18.8. The number of nitrogens with zero attached hydrogens (tertiary/aromatic N) is 1. The summed E-state index contributed by atoms with van der Waals surface area (Å²) in [6, 6.07) is 0. The largest absolute Gasteiger partial charge is 0.374 e. The van der Waals surface area contributed by atoms with Gasteiger partial charge in [-0.3, -0.25) is 4.79 Å². The fourth-order valence-electron chi connectivity index (χ4n) is 1.35. The van der Waals surface area contributed by atoms with E-state index < -0.39 is 0 Å². The highest BCUT2D eigenvalue weighted by Crippen LogP contribution is 2.10. The number of ether oxygens (including phenoxy) is 1. The van der Waals surface area contributed by atoms with Crippen LogP contribution in [0.15, 0.2) is 4.79 Å². The molecule has 0 fully saturated rings. The number of hydrogen-bond acceptors (Lipinski definition) is 3. The normalized spacial score (nSPS) is 11.1. The fraction of sp³-hybridized carbons (Fsp3) is 0.636. The van der Waals surface area contributed by atoms with Crippen LogP contribution in [-0.2, 0) is 17.8 Å². The Morgan fingerprint density at radius 1 is 1.50 bits per heavy atom. The van der Waals surface area contributed by atoms with Crippen molar-refractivity contribution < 1.29 is 4.74 Å². The van der Waals surface area contributed by atoms with Gasteiger partial charge in [0.05, 0.1) is 9.26 Å². The molecule has 0 aliphatic rings. The molecule has 1 aromatic heterocycles. The molecule has 0 aliphatic carbocycles. The van der Waals surface area contributed by atoms with E-state index >= 15 is 0 Å². The first-order chi connectivity index (χ1) is 7.54. The molecule has 16 heavy (non-hydrogen) atoms. The quantitative estimate of drug-likeness (QED) is 0.838. The molecule has 0 saturated carbocycles. The molecular formula is C11H17IN2O2. The number of aromatic nitrogens is 2. The molecule has 4 nitrogen and oxygen atoms in total. The lowest BCUT2D eigenvalue weighted by Gasteiger charge is -2.08. The molecule has 0 bridgehead atoms. The van der Waals surface area contributed by atoms with Crippen LogP contribution >= 0.6 is 22.6 Å². The average Bonchev–Trinajstić information content (AvgIpc) is 2.21. The molecule has 0 saturated heterocycles. The van der Waals surface area contributed by atoms with Crippen molar-refractivity contribution in [3.63, 3.8) is 0 Å².